The van der Waals surface area contributed by atoms with Crippen LogP contribution in [0.15, 0.2) is 65.4 Å². The monoisotopic (exact) mass is 259 g/mol. The van der Waals surface area contributed by atoms with Crippen LogP contribution in [0.3, 0.4) is 0 Å². The second-order valence-corrected chi connectivity index (χ2v) is 4.93. The molecule has 0 saturated carbocycles. The van der Waals surface area contributed by atoms with E-state index in [2.05, 4.69) is 53.5 Å². The van der Waals surface area contributed by atoms with Crippen molar-refractivity contribution in [2.24, 2.45) is 0 Å². The molecule has 0 N–H and O–H groups in total. The summed E-state index contributed by atoms with van der Waals surface area (Å²) in [6.45, 7) is 0. The van der Waals surface area contributed by atoms with Crippen molar-refractivity contribution in [2.75, 3.05) is 0 Å². The fourth-order valence-electron chi connectivity index (χ4n) is 2.76. The Kier molecular flexibility index (Phi) is 2.52. The van der Waals surface area contributed by atoms with Crippen molar-refractivity contribution in [3.8, 4) is 11.1 Å². The van der Waals surface area contributed by atoms with E-state index in [1.54, 1.807) is 12.5 Å². The molecule has 2 nitrogen and oxygen atoms in total. The lowest BCUT2D eigenvalue weighted by Gasteiger charge is -2.07. The normalized spacial score (nSPS) is 13.1. The summed E-state index contributed by atoms with van der Waals surface area (Å²) < 4.78 is 5.41. The lowest BCUT2D eigenvalue weighted by Crippen LogP contribution is -1.87. The number of hydrogen-bond donors (Lipinski definition) is 0. The largest absolute Gasteiger partial charge is 0.445 e. The van der Waals surface area contributed by atoms with E-state index in [-0.39, 0.29) is 0 Å². The Balaban J connectivity index is 1.84. The summed E-state index contributed by atoms with van der Waals surface area (Å²) in [5.74, 6) is 0.722. The average Bonchev–Trinajstić information content (AvgIpc) is 3.16. The summed E-state index contributed by atoms with van der Waals surface area (Å²) in [4.78, 5) is 4.25. The van der Waals surface area contributed by atoms with Crippen LogP contribution in [0.4, 0.5) is 0 Å². The summed E-state index contributed by atoms with van der Waals surface area (Å²) in [6.07, 6.45) is 6.40. The zero-order valence-electron chi connectivity index (χ0n) is 10.9. The van der Waals surface area contributed by atoms with Crippen LogP contribution in [0.1, 0.15) is 17.0 Å². The number of rotatable bonds is 2. The van der Waals surface area contributed by atoms with E-state index in [0.717, 1.165) is 17.9 Å². The van der Waals surface area contributed by atoms with Gasteiger partial charge in [-0.25, -0.2) is 4.98 Å². The van der Waals surface area contributed by atoms with Crippen LogP contribution in [0.2, 0.25) is 0 Å². The van der Waals surface area contributed by atoms with Crippen LogP contribution < -0.4 is 0 Å². The first-order valence-corrected chi connectivity index (χ1v) is 6.69. The van der Waals surface area contributed by atoms with Gasteiger partial charge in [0.2, 0.25) is 5.89 Å². The lowest BCUT2D eigenvalue weighted by atomic mass is 9.97. The zero-order chi connectivity index (χ0) is 13.4. The van der Waals surface area contributed by atoms with Crippen molar-refractivity contribution >= 4 is 11.6 Å². The number of aromatic nitrogens is 1. The van der Waals surface area contributed by atoms with Gasteiger partial charge in [0.05, 0.1) is 6.20 Å². The minimum Gasteiger partial charge on any atom is -0.445 e. The van der Waals surface area contributed by atoms with E-state index >= 15 is 0 Å². The molecule has 1 aliphatic rings. The molecule has 0 radical (unpaired) electrons. The SMILES string of the molecule is C1=C(c2ncco2)Cc2cccc(-c3ccccc3)c21. The van der Waals surface area contributed by atoms with Crippen LogP contribution in [0.25, 0.3) is 22.8 Å². The third-order valence-electron chi connectivity index (χ3n) is 3.69. The van der Waals surface area contributed by atoms with E-state index in [9.17, 15) is 0 Å². The van der Waals surface area contributed by atoms with Crippen LogP contribution in [0.5, 0.6) is 0 Å². The Morgan fingerprint density at radius 1 is 0.950 bits per heavy atom. The number of nitrogens with zero attached hydrogens (tertiary/aromatic N) is 1. The lowest BCUT2D eigenvalue weighted by molar-refractivity contribution is 0.541. The van der Waals surface area contributed by atoms with Crippen molar-refractivity contribution in [1.82, 2.24) is 4.98 Å². The molecule has 20 heavy (non-hydrogen) atoms. The van der Waals surface area contributed by atoms with Gasteiger partial charge in [-0.2, -0.15) is 0 Å². The fraction of sp³-hybridized carbons (Fsp3) is 0.0556. The molecule has 1 aromatic heterocycles. The van der Waals surface area contributed by atoms with Crippen LogP contribution in [-0.2, 0) is 6.42 Å². The van der Waals surface area contributed by atoms with Crippen LogP contribution >= 0.6 is 0 Å². The second-order valence-electron chi connectivity index (χ2n) is 4.93. The summed E-state index contributed by atoms with van der Waals surface area (Å²) in [6, 6.07) is 16.9. The van der Waals surface area contributed by atoms with Gasteiger partial charge in [0, 0.05) is 12.0 Å². The van der Waals surface area contributed by atoms with Gasteiger partial charge in [0.15, 0.2) is 0 Å². The predicted octanol–water partition coefficient (Wildman–Crippen LogP) is 4.44. The first-order valence-electron chi connectivity index (χ1n) is 6.69. The molecule has 0 aliphatic heterocycles. The molecule has 2 aromatic carbocycles. The van der Waals surface area contributed by atoms with E-state index in [0.29, 0.717) is 0 Å². The van der Waals surface area contributed by atoms with E-state index in [4.69, 9.17) is 4.42 Å². The molecule has 0 fully saturated rings. The zero-order valence-corrected chi connectivity index (χ0v) is 10.9. The second kappa shape index (κ2) is 4.49. The molecule has 0 saturated heterocycles. The Labute approximate surface area is 117 Å². The molecule has 0 bridgehead atoms. The fourth-order valence-corrected chi connectivity index (χ4v) is 2.76. The van der Waals surface area contributed by atoms with Crippen LogP contribution in [-0.4, -0.2) is 4.98 Å². The van der Waals surface area contributed by atoms with Gasteiger partial charge in [0.25, 0.3) is 0 Å². The maximum atomic E-state index is 5.41. The van der Waals surface area contributed by atoms with Gasteiger partial charge in [-0.1, -0.05) is 48.5 Å². The quantitative estimate of drug-likeness (QED) is 0.680. The van der Waals surface area contributed by atoms with Crippen molar-refractivity contribution < 1.29 is 4.42 Å². The first kappa shape index (κ1) is 11.2. The van der Waals surface area contributed by atoms with Crippen LogP contribution in [0, 0.1) is 0 Å². The van der Waals surface area contributed by atoms with Crippen molar-refractivity contribution in [1.29, 1.82) is 0 Å². The van der Waals surface area contributed by atoms with Gasteiger partial charge in [-0.3, -0.25) is 0 Å². The average molecular weight is 259 g/mol. The minimum absolute atomic E-state index is 0.722. The Morgan fingerprint density at radius 3 is 2.65 bits per heavy atom. The number of benzene rings is 2. The molecule has 3 aromatic rings. The van der Waals surface area contributed by atoms with Crippen molar-refractivity contribution in [3.63, 3.8) is 0 Å². The molecule has 2 heteroatoms. The minimum atomic E-state index is 0.722. The topological polar surface area (TPSA) is 26.0 Å². The predicted molar refractivity (Wildman–Crippen MR) is 80.0 cm³/mol. The van der Waals surface area contributed by atoms with Gasteiger partial charge in [0.1, 0.15) is 6.26 Å². The molecule has 0 atom stereocenters. The number of fused-ring (bicyclic) bond motifs is 1. The highest BCUT2D eigenvalue weighted by molar-refractivity contribution is 5.92. The molecule has 96 valence electrons. The molecular weight excluding hydrogens is 246 g/mol. The molecular formula is C18H13NO. The molecule has 4 rings (SSSR count). The molecule has 1 aliphatic carbocycles. The molecule has 1 heterocycles. The highest BCUT2D eigenvalue weighted by Crippen LogP contribution is 2.36. The molecule has 0 spiro atoms. The van der Waals surface area contributed by atoms with Gasteiger partial charge in [-0.15, -0.1) is 0 Å². The van der Waals surface area contributed by atoms with Gasteiger partial charge < -0.3 is 4.42 Å². The summed E-state index contributed by atoms with van der Waals surface area (Å²) in [7, 11) is 0. The summed E-state index contributed by atoms with van der Waals surface area (Å²) in [5.41, 5.74) is 6.28. The highest BCUT2D eigenvalue weighted by atomic mass is 16.3. The summed E-state index contributed by atoms with van der Waals surface area (Å²) in [5, 5.41) is 0. The van der Waals surface area contributed by atoms with E-state index in [1.807, 2.05) is 6.07 Å². The third-order valence-corrected chi connectivity index (χ3v) is 3.69. The van der Waals surface area contributed by atoms with Crippen molar-refractivity contribution in [2.45, 2.75) is 6.42 Å². The first-order chi connectivity index (χ1) is 9.92. The van der Waals surface area contributed by atoms with Gasteiger partial charge >= 0.3 is 0 Å². The maximum absolute atomic E-state index is 5.41. The maximum Gasteiger partial charge on any atom is 0.222 e. The van der Waals surface area contributed by atoms with E-state index in [1.165, 1.54) is 22.3 Å². The standard InChI is InChI=1S/C18H13NO/c1-2-5-13(6-3-1)16-8-4-7-14-11-15(12-17(14)16)18-19-9-10-20-18/h1-10,12H,11H2. The van der Waals surface area contributed by atoms with Crippen molar-refractivity contribution in [3.05, 3.63) is 78.0 Å². The van der Waals surface area contributed by atoms with E-state index < -0.39 is 0 Å². The highest BCUT2D eigenvalue weighted by Gasteiger charge is 2.19. The third kappa shape index (κ3) is 1.77. The molecule has 0 amide bonds. The summed E-state index contributed by atoms with van der Waals surface area (Å²) >= 11 is 0. The Bertz CT molecular complexity index is 770. The Hall–Kier alpha value is -2.61. The smallest absolute Gasteiger partial charge is 0.222 e. The Morgan fingerprint density at radius 2 is 1.85 bits per heavy atom. The number of hydrogen-bond acceptors (Lipinski definition) is 2. The number of allylic oxidation sites excluding steroid dienone is 1. The molecule has 0 unspecified atom stereocenters. The van der Waals surface area contributed by atoms with Gasteiger partial charge in [-0.05, 0) is 28.3 Å². The number of oxazole rings is 1.